The summed E-state index contributed by atoms with van der Waals surface area (Å²) in [5.41, 5.74) is 2.75. The van der Waals surface area contributed by atoms with E-state index in [1.54, 1.807) is 38.5 Å². The standard InChI is InChI=1S/C19H23NO3/c1-5-17(15-8-11-18(23-4)13(2)12-15)20-19(21)14-6-9-16(22-3)10-7-14/h6-12,17H,5H2,1-4H3,(H,20,21). The topological polar surface area (TPSA) is 47.6 Å². The molecule has 0 saturated heterocycles. The van der Waals surface area contributed by atoms with Gasteiger partial charge in [-0.15, -0.1) is 0 Å². The van der Waals surface area contributed by atoms with E-state index in [-0.39, 0.29) is 11.9 Å². The van der Waals surface area contributed by atoms with Crippen molar-refractivity contribution in [3.05, 3.63) is 59.2 Å². The predicted octanol–water partition coefficient (Wildman–Crippen LogP) is 3.89. The normalized spacial score (nSPS) is 11.7. The minimum atomic E-state index is -0.0898. The van der Waals surface area contributed by atoms with E-state index in [1.165, 1.54) is 0 Å². The molecule has 0 aromatic heterocycles. The number of nitrogens with one attached hydrogen (secondary N) is 1. The highest BCUT2D eigenvalue weighted by Gasteiger charge is 2.15. The molecule has 1 amide bonds. The first-order valence-corrected chi connectivity index (χ1v) is 7.68. The Bertz CT molecular complexity index is 665. The number of carbonyl (C=O) groups excluding carboxylic acids is 1. The highest BCUT2D eigenvalue weighted by molar-refractivity contribution is 5.94. The van der Waals surface area contributed by atoms with Gasteiger partial charge in [0.1, 0.15) is 11.5 Å². The van der Waals surface area contributed by atoms with E-state index in [1.807, 2.05) is 19.1 Å². The fourth-order valence-corrected chi connectivity index (χ4v) is 2.52. The highest BCUT2D eigenvalue weighted by atomic mass is 16.5. The van der Waals surface area contributed by atoms with E-state index in [4.69, 9.17) is 9.47 Å². The largest absolute Gasteiger partial charge is 0.497 e. The van der Waals surface area contributed by atoms with Gasteiger partial charge in [-0.1, -0.05) is 19.1 Å². The van der Waals surface area contributed by atoms with Crippen LogP contribution in [-0.2, 0) is 0 Å². The number of benzene rings is 2. The van der Waals surface area contributed by atoms with Gasteiger partial charge in [0, 0.05) is 5.56 Å². The molecule has 4 heteroatoms. The van der Waals surface area contributed by atoms with E-state index in [0.717, 1.165) is 29.0 Å². The second kappa shape index (κ2) is 7.68. The highest BCUT2D eigenvalue weighted by Crippen LogP contribution is 2.24. The van der Waals surface area contributed by atoms with Crippen LogP contribution in [0.25, 0.3) is 0 Å². The molecule has 0 bridgehead atoms. The van der Waals surface area contributed by atoms with Crippen molar-refractivity contribution in [3.8, 4) is 11.5 Å². The van der Waals surface area contributed by atoms with Gasteiger partial charge in [-0.05, 0) is 54.8 Å². The molecule has 1 N–H and O–H groups in total. The molecule has 122 valence electrons. The van der Waals surface area contributed by atoms with Gasteiger partial charge in [-0.25, -0.2) is 0 Å². The monoisotopic (exact) mass is 313 g/mol. The number of aryl methyl sites for hydroxylation is 1. The minimum Gasteiger partial charge on any atom is -0.497 e. The van der Waals surface area contributed by atoms with Crippen molar-refractivity contribution in [1.82, 2.24) is 5.32 Å². The van der Waals surface area contributed by atoms with Crippen molar-refractivity contribution in [2.75, 3.05) is 14.2 Å². The van der Waals surface area contributed by atoms with Crippen LogP contribution in [0, 0.1) is 6.92 Å². The van der Waals surface area contributed by atoms with Gasteiger partial charge in [0.2, 0.25) is 0 Å². The van der Waals surface area contributed by atoms with E-state index < -0.39 is 0 Å². The van der Waals surface area contributed by atoms with Crippen LogP contribution in [0.1, 0.15) is 40.9 Å². The number of ether oxygens (including phenoxy) is 2. The van der Waals surface area contributed by atoms with Crippen LogP contribution < -0.4 is 14.8 Å². The molecule has 1 atom stereocenters. The van der Waals surface area contributed by atoms with Crippen LogP contribution in [-0.4, -0.2) is 20.1 Å². The Kier molecular flexibility index (Phi) is 5.63. The molecule has 0 radical (unpaired) electrons. The molecule has 0 saturated carbocycles. The van der Waals surface area contributed by atoms with Crippen molar-refractivity contribution < 1.29 is 14.3 Å². The third-order valence-electron chi connectivity index (χ3n) is 3.89. The molecule has 4 nitrogen and oxygen atoms in total. The SMILES string of the molecule is CCC(NC(=O)c1ccc(OC)cc1)c1ccc(OC)c(C)c1. The summed E-state index contributed by atoms with van der Waals surface area (Å²) < 4.78 is 10.4. The molecule has 2 aromatic rings. The van der Waals surface area contributed by atoms with E-state index in [9.17, 15) is 4.79 Å². The smallest absolute Gasteiger partial charge is 0.251 e. The van der Waals surface area contributed by atoms with Crippen molar-refractivity contribution in [3.63, 3.8) is 0 Å². The maximum Gasteiger partial charge on any atom is 0.251 e. The second-order valence-electron chi connectivity index (χ2n) is 5.39. The molecule has 1 unspecified atom stereocenters. The lowest BCUT2D eigenvalue weighted by Crippen LogP contribution is -2.28. The van der Waals surface area contributed by atoms with Crippen molar-refractivity contribution in [1.29, 1.82) is 0 Å². The molecule has 2 aromatic carbocycles. The molecular weight excluding hydrogens is 290 g/mol. The molecule has 0 aliphatic rings. The van der Waals surface area contributed by atoms with E-state index in [2.05, 4.69) is 18.3 Å². The summed E-state index contributed by atoms with van der Waals surface area (Å²) in [5, 5.41) is 3.08. The van der Waals surface area contributed by atoms with Gasteiger partial charge in [-0.3, -0.25) is 4.79 Å². The maximum absolute atomic E-state index is 12.4. The molecule has 0 aliphatic heterocycles. The lowest BCUT2D eigenvalue weighted by atomic mass is 10.0. The fraction of sp³-hybridized carbons (Fsp3) is 0.316. The Morgan fingerprint density at radius 2 is 1.78 bits per heavy atom. The van der Waals surface area contributed by atoms with Gasteiger partial charge < -0.3 is 14.8 Å². The first kappa shape index (κ1) is 16.9. The number of hydrogen-bond acceptors (Lipinski definition) is 3. The van der Waals surface area contributed by atoms with Gasteiger partial charge in [0.25, 0.3) is 5.91 Å². The Hall–Kier alpha value is -2.49. The third-order valence-corrected chi connectivity index (χ3v) is 3.89. The fourth-order valence-electron chi connectivity index (χ4n) is 2.52. The summed E-state index contributed by atoms with van der Waals surface area (Å²) in [7, 11) is 3.26. The molecule has 0 spiro atoms. The van der Waals surface area contributed by atoms with Crippen LogP contribution >= 0.6 is 0 Å². The summed E-state index contributed by atoms with van der Waals surface area (Å²) in [4.78, 5) is 12.4. The molecule has 23 heavy (non-hydrogen) atoms. The van der Waals surface area contributed by atoms with E-state index >= 15 is 0 Å². The predicted molar refractivity (Wildman–Crippen MR) is 91.2 cm³/mol. The summed E-state index contributed by atoms with van der Waals surface area (Å²) in [5.74, 6) is 1.50. The van der Waals surface area contributed by atoms with Gasteiger partial charge in [-0.2, -0.15) is 0 Å². The van der Waals surface area contributed by atoms with Crippen LogP contribution in [0.5, 0.6) is 11.5 Å². The van der Waals surface area contributed by atoms with Crippen LogP contribution in [0.15, 0.2) is 42.5 Å². The first-order valence-electron chi connectivity index (χ1n) is 7.68. The lowest BCUT2D eigenvalue weighted by Gasteiger charge is -2.19. The van der Waals surface area contributed by atoms with Crippen LogP contribution in [0.3, 0.4) is 0 Å². The molecular formula is C19H23NO3. The Morgan fingerprint density at radius 3 is 2.30 bits per heavy atom. The summed E-state index contributed by atoms with van der Waals surface area (Å²) in [6, 6.07) is 13.1. The van der Waals surface area contributed by atoms with Crippen molar-refractivity contribution in [2.45, 2.75) is 26.3 Å². The molecule has 0 fully saturated rings. The van der Waals surface area contributed by atoms with E-state index in [0.29, 0.717) is 5.56 Å². The number of methoxy groups -OCH3 is 2. The zero-order valence-electron chi connectivity index (χ0n) is 14.1. The minimum absolute atomic E-state index is 0.0331. The zero-order chi connectivity index (χ0) is 16.8. The summed E-state index contributed by atoms with van der Waals surface area (Å²) >= 11 is 0. The average molecular weight is 313 g/mol. The number of rotatable bonds is 6. The van der Waals surface area contributed by atoms with Crippen LogP contribution in [0.4, 0.5) is 0 Å². The van der Waals surface area contributed by atoms with Crippen molar-refractivity contribution in [2.24, 2.45) is 0 Å². The molecule has 2 rings (SSSR count). The lowest BCUT2D eigenvalue weighted by molar-refractivity contribution is 0.0935. The maximum atomic E-state index is 12.4. The van der Waals surface area contributed by atoms with Crippen LogP contribution in [0.2, 0.25) is 0 Å². The second-order valence-corrected chi connectivity index (χ2v) is 5.39. The molecule has 0 heterocycles. The zero-order valence-corrected chi connectivity index (χ0v) is 14.1. The summed E-state index contributed by atoms with van der Waals surface area (Å²) in [6.45, 7) is 4.05. The number of hydrogen-bond donors (Lipinski definition) is 1. The first-order chi connectivity index (χ1) is 11.1. The van der Waals surface area contributed by atoms with Crippen molar-refractivity contribution >= 4 is 5.91 Å². The summed E-state index contributed by atoms with van der Waals surface area (Å²) in [6.07, 6.45) is 0.813. The Balaban J connectivity index is 2.14. The third kappa shape index (κ3) is 4.03. The van der Waals surface area contributed by atoms with Gasteiger partial charge in [0.15, 0.2) is 0 Å². The van der Waals surface area contributed by atoms with Gasteiger partial charge in [0.05, 0.1) is 20.3 Å². The quantitative estimate of drug-likeness (QED) is 0.880. The molecule has 0 aliphatic carbocycles. The van der Waals surface area contributed by atoms with Gasteiger partial charge >= 0.3 is 0 Å². The number of amides is 1. The Morgan fingerprint density at radius 1 is 1.09 bits per heavy atom. The number of carbonyl (C=O) groups is 1. The average Bonchev–Trinajstić information content (AvgIpc) is 2.59. The Labute approximate surface area is 137 Å².